The first kappa shape index (κ1) is 16.5. The van der Waals surface area contributed by atoms with Crippen LogP contribution in [0.2, 0.25) is 0 Å². The normalized spacial score (nSPS) is 50.9. The lowest BCUT2D eigenvalue weighted by molar-refractivity contribution is -0.204. The molecule has 26 heavy (non-hydrogen) atoms. The number of ether oxygens (including phenoxy) is 4. The summed E-state index contributed by atoms with van der Waals surface area (Å²) >= 11 is 0. The molecule has 5 aliphatic rings. The van der Waals surface area contributed by atoms with Crippen LogP contribution < -0.4 is 0 Å². The van der Waals surface area contributed by atoms with Crippen molar-refractivity contribution in [3.8, 4) is 0 Å². The Morgan fingerprint density at radius 2 is 1.92 bits per heavy atom. The van der Waals surface area contributed by atoms with Gasteiger partial charge < -0.3 is 18.9 Å². The first-order valence-electron chi connectivity index (χ1n) is 9.33. The van der Waals surface area contributed by atoms with Crippen LogP contribution in [0.15, 0.2) is 0 Å². The second-order valence-electron chi connectivity index (χ2n) is 9.50. The maximum Gasteiger partial charge on any atom is 0.348 e. The quantitative estimate of drug-likeness (QED) is 0.515. The van der Waals surface area contributed by atoms with Gasteiger partial charge in [-0.25, -0.2) is 9.59 Å². The number of hydrogen-bond donors (Lipinski definition) is 0. The summed E-state index contributed by atoms with van der Waals surface area (Å²) in [7, 11) is 0. The fourth-order valence-corrected chi connectivity index (χ4v) is 7.25. The van der Waals surface area contributed by atoms with Gasteiger partial charge in [0.25, 0.3) is 0 Å². The average Bonchev–Trinajstić information content (AvgIpc) is 3.19. The fourth-order valence-electron chi connectivity index (χ4n) is 7.25. The summed E-state index contributed by atoms with van der Waals surface area (Å²) < 4.78 is 23.6. The summed E-state index contributed by atoms with van der Waals surface area (Å²) in [5.41, 5.74) is -3.91. The molecule has 5 rings (SSSR count). The Hall–Kier alpha value is -1.63. The van der Waals surface area contributed by atoms with Crippen molar-refractivity contribution in [3.05, 3.63) is 0 Å². The van der Waals surface area contributed by atoms with Crippen LogP contribution in [0.25, 0.3) is 0 Å². The topological polar surface area (TPSA) is 88.1 Å². The summed E-state index contributed by atoms with van der Waals surface area (Å²) in [5, 5.41) is 0. The van der Waals surface area contributed by atoms with E-state index in [0.29, 0.717) is 19.3 Å². The van der Waals surface area contributed by atoms with Crippen molar-refractivity contribution in [1.29, 1.82) is 0 Å². The minimum absolute atomic E-state index is 0.0932. The van der Waals surface area contributed by atoms with E-state index in [1.54, 1.807) is 0 Å². The first-order chi connectivity index (χ1) is 12.1. The molecule has 2 aliphatic carbocycles. The highest BCUT2D eigenvalue weighted by Crippen LogP contribution is 2.84. The Labute approximate surface area is 151 Å². The lowest BCUT2D eigenvalue weighted by Crippen LogP contribution is -2.61. The second kappa shape index (κ2) is 4.26. The van der Waals surface area contributed by atoms with Crippen LogP contribution in [0.1, 0.15) is 53.4 Å². The molecule has 2 bridgehead atoms. The molecule has 0 amide bonds. The molecular formula is C19H24O7. The van der Waals surface area contributed by atoms with E-state index in [-0.39, 0.29) is 18.7 Å². The van der Waals surface area contributed by atoms with E-state index >= 15 is 0 Å². The maximum atomic E-state index is 12.9. The predicted octanol–water partition coefficient (Wildman–Crippen LogP) is 1.51. The molecule has 0 N–H and O–H groups in total. The third-order valence-corrected chi connectivity index (χ3v) is 7.89. The zero-order chi connectivity index (χ0) is 18.8. The van der Waals surface area contributed by atoms with E-state index in [4.69, 9.17) is 18.9 Å². The van der Waals surface area contributed by atoms with Crippen LogP contribution in [0.3, 0.4) is 0 Å². The van der Waals surface area contributed by atoms with Gasteiger partial charge >= 0.3 is 17.9 Å². The van der Waals surface area contributed by atoms with E-state index in [1.165, 1.54) is 6.92 Å². The summed E-state index contributed by atoms with van der Waals surface area (Å²) in [4.78, 5) is 37.4. The molecule has 3 saturated heterocycles. The third kappa shape index (κ3) is 1.28. The second-order valence-corrected chi connectivity index (χ2v) is 9.50. The highest BCUT2D eigenvalue weighted by Gasteiger charge is 2.97. The Balaban J connectivity index is 1.82. The molecule has 0 aromatic heterocycles. The molecule has 2 saturated carbocycles. The molecule has 0 aromatic rings. The molecular weight excluding hydrogens is 340 g/mol. The average molecular weight is 364 g/mol. The van der Waals surface area contributed by atoms with Gasteiger partial charge in [0.1, 0.15) is 12.7 Å². The molecule has 2 spiro atoms. The molecule has 5 fully saturated rings. The van der Waals surface area contributed by atoms with Crippen molar-refractivity contribution in [2.45, 2.75) is 76.8 Å². The predicted molar refractivity (Wildman–Crippen MR) is 85.7 cm³/mol. The number of rotatable bonds is 1. The van der Waals surface area contributed by atoms with Crippen LogP contribution in [-0.2, 0) is 33.3 Å². The Morgan fingerprint density at radius 3 is 2.58 bits per heavy atom. The van der Waals surface area contributed by atoms with Gasteiger partial charge in [0, 0.05) is 13.3 Å². The van der Waals surface area contributed by atoms with Crippen molar-refractivity contribution >= 4 is 17.9 Å². The molecule has 142 valence electrons. The van der Waals surface area contributed by atoms with E-state index in [0.717, 1.165) is 6.42 Å². The molecule has 3 heterocycles. The third-order valence-electron chi connectivity index (χ3n) is 7.89. The van der Waals surface area contributed by atoms with Crippen LogP contribution >= 0.6 is 0 Å². The van der Waals surface area contributed by atoms with E-state index in [1.807, 2.05) is 20.8 Å². The van der Waals surface area contributed by atoms with Crippen LogP contribution in [0.4, 0.5) is 0 Å². The van der Waals surface area contributed by atoms with Gasteiger partial charge in [-0.3, -0.25) is 4.79 Å². The van der Waals surface area contributed by atoms with Crippen molar-refractivity contribution in [2.24, 2.45) is 16.2 Å². The van der Waals surface area contributed by atoms with E-state index in [9.17, 15) is 14.4 Å². The van der Waals surface area contributed by atoms with Crippen LogP contribution in [0.5, 0.6) is 0 Å². The monoisotopic (exact) mass is 364 g/mol. The Morgan fingerprint density at radius 1 is 1.19 bits per heavy atom. The molecule has 7 heteroatoms. The molecule has 3 aliphatic heterocycles. The summed E-state index contributed by atoms with van der Waals surface area (Å²) in [6.45, 7) is 7.52. The van der Waals surface area contributed by atoms with Crippen LogP contribution in [-0.4, -0.2) is 47.9 Å². The van der Waals surface area contributed by atoms with Crippen molar-refractivity contribution in [3.63, 3.8) is 0 Å². The molecule has 6 atom stereocenters. The summed E-state index contributed by atoms with van der Waals surface area (Å²) in [5.74, 6) is -1.41. The smallest absolute Gasteiger partial charge is 0.348 e. The molecule has 0 aromatic carbocycles. The van der Waals surface area contributed by atoms with E-state index < -0.39 is 45.5 Å². The zero-order valence-electron chi connectivity index (χ0n) is 15.5. The Kier molecular flexibility index (Phi) is 2.71. The van der Waals surface area contributed by atoms with Gasteiger partial charge in [0.05, 0.1) is 16.4 Å². The largest absolute Gasteiger partial charge is 0.462 e. The number of carbonyl (C=O) groups excluding carboxylic acids is 3. The number of hydrogen-bond acceptors (Lipinski definition) is 7. The minimum atomic E-state index is -1.07. The van der Waals surface area contributed by atoms with E-state index in [2.05, 4.69) is 0 Å². The summed E-state index contributed by atoms with van der Waals surface area (Å²) in [6.07, 6.45) is 1.18. The summed E-state index contributed by atoms with van der Waals surface area (Å²) in [6, 6.07) is 0. The van der Waals surface area contributed by atoms with Crippen molar-refractivity contribution in [2.75, 3.05) is 6.61 Å². The number of esters is 3. The lowest BCUT2D eigenvalue weighted by atomic mass is 9.52. The highest BCUT2D eigenvalue weighted by atomic mass is 16.7. The van der Waals surface area contributed by atoms with Gasteiger partial charge in [0.15, 0.2) is 5.60 Å². The molecule has 0 radical (unpaired) electrons. The molecule has 1 unspecified atom stereocenters. The van der Waals surface area contributed by atoms with Gasteiger partial charge in [-0.15, -0.1) is 0 Å². The zero-order valence-corrected chi connectivity index (χ0v) is 15.5. The molecule has 7 nitrogen and oxygen atoms in total. The Bertz CT molecular complexity index is 753. The highest BCUT2D eigenvalue weighted by molar-refractivity contribution is 5.89. The standard InChI is InChI=1S/C19H24O7/c1-10(20)24-12-13(21)23-9-17(12)16-6-5-7-18(16)14(22)25-11(16)8-19(17,26-18)15(2,3)4/h11-12H,5-9H2,1-4H3/t11-,12+,16?,17+,18-,19-/m1/s1. The van der Waals surface area contributed by atoms with Gasteiger partial charge in [-0.05, 0) is 24.7 Å². The van der Waals surface area contributed by atoms with Gasteiger partial charge in [-0.2, -0.15) is 0 Å². The first-order valence-corrected chi connectivity index (χ1v) is 9.33. The fraction of sp³-hybridized carbons (Fsp3) is 0.842. The van der Waals surface area contributed by atoms with Crippen LogP contribution in [0, 0.1) is 16.2 Å². The lowest BCUT2D eigenvalue weighted by Gasteiger charge is -2.49. The minimum Gasteiger partial charge on any atom is -0.462 e. The number of cyclic esters (lactones) is 1. The van der Waals surface area contributed by atoms with Gasteiger partial charge in [-0.1, -0.05) is 20.8 Å². The van der Waals surface area contributed by atoms with Gasteiger partial charge in [0.2, 0.25) is 6.10 Å². The van der Waals surface area contributed by atoms with Crippen molar-refractivity contribution in [1.82, 2.24) is 0 Å². The number of carbonyl (C=O) groups is 3. The maximum absolute atomic E-state index is 12.9. The SMILES string of the molecule is CC(=O)O[C@H]1C(=O)OC[C@@]12C13CCC[C@]14O[C@@]2(C(C)(C)C)C[C@H]3OC4=O. The van der Waals surface area contributed by atoms with Crippen molar-refractivity contribution < 1.29 is 33.3 Å².